The standard InChI is InChI=1S/C18H21ClO/c1-12(2)17-8-7-16(9-14(17)4)20-18-10-15(11-19)6-5-13(18)3/h5-10,12H,11H2,1-4H3. The summed E-state index contributed by atoms with van der Waals surface area (Å²) in [5.41, 5.74) is 4.82. The molecule has 20 heavy (non-hydrogen) atoms. The molecule has 0 saturated carbocycles. The molecule has 0 fully saturated rings. The predicted molar refractivity (Wildman–Crippen MR) is 86.1 cm³/mol. The summed E-state index contributed by atoms with van der Waals surface area (Å²) in [5.74, 6) is 2.79. The van der Waals surface area contributed by atoms with E-state index in [2.05, 4.69) is 32.9 Å². The van der Waals surface area contributed by atoms with E-state index in [-0.39, 0.29) is 0 Å². The Morgan fingerprint density at radius 2 is 1.75 bits per heavy atom. The van der Waals surface area contributed by atoms with E-state index in [0.29, 0.717) is 11.8 Å². The summed E-state index contributed by atoms with van der Waals surface area (Å²) in [5, 5.41) is 0. The first-order valence-corrected chi connectivity index (χ1v) is 7.48. The Bertz CT molecular complexity index is 602. The van der Waals surface area contributed by atoms with E-state index in [0.717, 1.165) is 22.6 Å². The molecule has 0 aromatic heterocycles. The third-order valence-electron chi connectivity index (χ3n) is 3.50. The van der Waals surface area contributed by atoms with Crippen LogP contribution in [0.1, 0.15) is 42.0 Å². The number of benzene rings is 2. The smallest absolute Gasteiger partial charge is 0.130 e. The minimum Gasteiger partial charge on any atom is -0.457 e. The summed E-state index contributed by atoms with van der Waals surface area (Å²) in [6.07, 6.45) is 0. The number of alkyl halides is 1. The van der Waals surface area contributed by atoms with Gasteiger partial charge in [0.15, 0.2) is 0 Å². The van der Waals surface area contributed by atoms with Crippen LogP contribution in [0.3, 0.4) is 0 Å². The minimum atomic E-state index is 0.502. The van der Waals surface area contributed by atoms with E-state index in [1.807, 2.05) is 31.2 Å². The van der Waals surface area contributed by atoms with Crippen molar-refractivity contribution in [1.82, 2.24) is 0 Å². The van der Waals surface area contributed by atoms with E-state index in [1.54, 1.807) is 0 Å². The highest BCUT2D eigenvalue weighted by molar-refractivity contribution is 6.17. The molecule has 2 aromatic carbocycles. The molecule has 0 radical (unpaired) electrons. The maximum atomic E-state index is 6.01. The molecule has 1 nitrogen and oxygen atoms in total. The van der Waals surface area contributed by atoms with Crippen molar-refractivity contribution in [2.75, 3.05) is 0 Å². The number of aryl methyl sites for hydroxylation is 2. The number of hydrogen-bond acceptors (Lipinski definition) is 1. The van der Waals surface area contributed by atoms with Crippen molar-refractivity contribution in [3.63, 3.8) is 0 Å². The second kappa shape index (κ2) is 6.32. The maximum Gasteiger partial charge on any atom is 0.130 e. The quantitative estimate of drug-likeness (QED) is 0.631. The zero-order chi connectivity index (χ0) is 14.7. The van der Waals surface area contributed by atoms with Gasteiger partial charge in [0.2, 0.25) is 0 Å². The van der Waals surface area contributed by atoms with E-state index < -0.39 is 0 Å². The molecule has 0 aliphatic carbocycles. The Morgan fingerprint density at radius 3 is 2.35 bits per heavy atom. The van der Waals surface area contributed by atoms with E-state index in [1.165, 1.54) is 11.1 Å². The second-order valence-corrected chi connectivity index (χ2v) is 5.78. The molecule has 2 rings (SSSR count). The van der Waals surface area contributed by atoms with Crippen molar-refractivity contribution in [3.8, 4) is 11.5 Å². The number of hydrogen-bond donors (Lipinski definition) is 0. The first-order valence-electron chi connectivity index (χ1n) is 6.95. The lowest BCUT2D eigenvalue weighted by Crippen LogP contribution is -1.94. The van der Waals surface area contributed by atoms with Gasteiger partial charge in [-0.2, -0.15) is 0 Å². The molecule has 0 bridgehead atoms. The van der Waals surface area contributed by atoms with Gasteiger partial charge in [-0.1, -0.05) is 32.0 Å². The molecule has 0 unspecified atom stereocenters. The van der Waals surface area contributed by atoms with Gasteiger partial charge in [-0.3, -0.25) is 0 Å². The minimum absolute atomic E-state index is 0.502. The molecule has 0 aliphatic heterocycles. The van der Waals surface area contributed by atoms with E-state index in [9.17, 15) is 0 Å². The van der Waals surface area contributed by atoms with Crippen LogP contribution in [0.2, 0.25) is 0 Å². The average Bonchev–Trinajstić information content (AvgIpc) is 2.41. The van der Waals surface area contributed by atoms with Gasteiger partial charge in [-0.05, 0) is 60.2 Å². The van der Waals surface area contributed by atoms with Crippen LogP contribution in [-0.4, -0.2) is 0 Å². The number of rotatable bonds is 4. The normalized spacial score (nSPS) is 10.9. The van der Waals surface area contributed by atoms with Crippen LogP contribution < -0.4 is 4.74 Å². The van der Waals surface area contributed by atoms with Crippen LogP contribution in [0, 0.1) is 13.8 Å². The summed E-state index contributed by atoms with van der Waals surface area (Å²) in [6.45, 7) is 8.58. The topological polar surface area (TPSA) is 9.23 Å². The van der Waals surface area contributed by atoms with E-state index >= 15 is 0 Å². The molecule has 0 spiro atoms. The highest BCUT2D eigenvalue weighted by Crippen LogP contribution is 2.29. The lowest BCUT2D eigenvalue weighted by atomic mass is 9.98. The predicted octanol–water partition coefficient (Wildman–Crippen LogP) is 5.96. The second-order valence-electron chi connectivity index (χ2n) is 5.51. The van der Waals surface area contributed by atoms with Gasteiger partial charge in [0.25, 0.3) is 0 Å². The molecule has 2 aromatic rings. The highest BCUT2D eigenvalue weighted by Gasteiger charge is 2.07. The zero-order valence-electron chi connectivity index (χ0n) is 12.5. The van der Waals surface area contributed by atoms with Crippen molar-refractivity contribution in [3.05, 3.63) is 58.7 Å². The fourth-order valence-corrected chi connectivity index (χ4v) is 2.49. The van der Waals surface area contributed by atoms with Gasteiger partial charge in [0.05, 0.1) is 0 Å². The molecule has 0 amide bonds. The highest BCUT2D eigenvalue weighted by atomic mass is 35.5. The van der Waals surface area contributed by atoms with Gasteiger partial charge < -0.3 is 4.74 Å². The first kappa shape index (κ1) is 14.9. The molecular weight excluding hydrogens is 268 g/mol. The van der Waals surface area contributed by atoms with Crippen molar-refractivity contribution < 1.29 is 4.74 Å². The summed E-state index contributed by atoms with van der Waals surface area (Å²) < 4.78 is 6.01. The Morgan fingerprint density at radius 1 is 1.00 bits per heavy atom. The van der Waals surface area contributed by atoms with Crippen LogP contribution >= 0.6 is 11.6 Å². The van der Waals surface area contributed by atoms with Crippen molar-refractivity contribution >= 4 is 11.6 Å². The molecule has 0 N–H and O–H groups in total. The Kier molecular flexibility index (Phi) is 4.72. The molecule has 0 saturated heterocycles. The fraction of sp³-hybridized carbons (Fsp3) is 0.333. The molecule has 106 valence electrons. The van der Waals surface area contributed by atoms with Gasteiger partial charge in [0.1, 0.15) is 11.5 Å². The fourth-order valence-electron chi connectivity index (χ4n) is 2.32. The summed E-state index contributed by atoms with van der Waals surface area (Å²) in [6, 6.07) is 12.4. The summed E-state index contributed by atoms with van der Waals surface area (Å²) >= 11 is 5.88. The van der Waals surface area contributed by atoms with Gasteiger partial charge in [-0.15, -0.1) is 11.6 Å². The molecule has 0 aliphatic rings. The molecular formula is C18H21ClO. The monoisotopic (exact) mass is 288 g/mol. The average molecular weight is 289 g/mol. The van der Waals surface area contributed by atoms with Crippen LogP contribution in [0.4, 0.5) is 0 Å². The molecule has 0 atom stereocenters. The van der Waals surface area contributed by atoms with Gasteiger partial charge in [0, 0.05) is 5.88 Å². The third kappa shape index (κ3) is 3.34. The van der Waals surface area contributed by atoms with Crippen LogP contribution in [0.5, 0.6) is 11.5 Å². The Labute approximate surface area is 126 Å². The number of ether oxygens (including phenoxy) is 1. The summed E-state index contributed by atoms with van der Waals surface area (Å²) in [4.78, 5) is 0. The SMILES string of the molecule is Cc1ccc(CCl)cc1Oc1ccc(C(C)C)c(C)c1. The maximum absolute atomic E-state index is 6.01. The molecule has 0 heterocycles. The Balaban J connectivity index is 2.28. The van der Waals surface area contributed by atoms with Gasteiger partial charge in [-0.25, -0.2) is 0 Å². The summed E-state index contributed by atoms with van der Waals surface area (Å²) in [7, 11) is 0. The van der Waals surface area contributed by atoms with E-state index in [4.69, 9.17) is 16.3 Å². The van der Waals surface area contributed by atoms with Crippen LogP contribution in [0.15, 0.2) is 36.4 Å². The van der Waals surface area contributed by atoms with Crippen molar-refractivity contribution in [2.24, 2.45) is 0 Å². The Hall–Kier alpha value is -1.47. The van der Waals surface area contributed by atoms with Crippen molar-refractivity contribution in [1.29, 1.82) is 0 Å². The lowest BCUT2D eigenvalue weighted by molar-refractivity contribution is 0.477. The van der Waals surface area contributed by atoms with Gasteiger partial charge >= 0.3 is 0 Å². The lowest BCUT2D eigenvalue weighted by Gasteiger charge is -2.14. The third-order valence-corrected chi connectivity index (χ3v) is 3.81. The number of halogens is 1. The largest absolute Gasteiger partial charge is 0.457 e. The van der Waals surface area contributed by atoms with Crippen LogP contribution in [0.25, 0.3) is 0 Å². The van der Waals surface area contributed by atoms with Crippen molar-refractivity contribution in [2.45, 2.75) is 39.5 Å². The zero-order valence-corrected chi connectivity index (χ0v) is 13.3. The molecule has 2 heteroatoms. The van der Waals surface area contributed by atoms with Crippen LogP contribution in [-0.2, 0) is 5.88 Å². The first-order chi connectivity index (χ1) is 9.51.